The smallest absolute Gasteiger partial charge is 0.118 e. The van der Waals surface area contributed by atoms with Crippen LogP contribution < -0.4 is 0 Å². The molecule has 0 bridgehead atoms. The average molecular weight is 247 g/mol. The third-order valence-corrected chi connectivity index (χ3v) is 3.01. The molecule has 4 heteroatoms. The molecule has 2 rings (SSSR count). The van der Waals surface area contributed by atoms with Crippen LogP contribution in [0.15, 0.2) is 22.7 Å². The fourth-order valence-electron chi connectivity index (χ4n) is 2.04. The summed E-state index contributed by atoms with van der Waals surface area (Å²) in [5.74, 6) is 2.11. The number of rotatable bonds is 6. The maximum absolute atomic E-state index is 5.78. The molecule has 0 amide bonds. The number of nitrogens with one attached hydrogen (secondary N) is 1. The minimum atomic E-state index is 0.828. The molecule has 4 nitrogen and oxygen atoms in total. The van der Waals surface area contributed by atoms with Gasteiger partial charge in [0.1, 0.15) is 11.5 Å². The van der Waals surface area contributed by atoms with Crippen LogP contribution in [0.4, 0.5) is 0 Å². The van der Waals surface area contributed by atoms with Gasteiger partial charge in [-0.25, -0.2) is 0 Å². The van der Waals surface area contributed by atoms with E-state index in [1.54, 1.807) is 0 Å². The Hall–Kier alpha value is -1.55. The number of hydrogen-bond acceptors (Lipinski definition) is 3. The molecule has 0 saturated carbocycles. The second kappa shape index (κ2) is 5.87. The van der Waals surface area contributed by atoms with Crippen LogP contribution in [0.5, 0.6) is 0 Å². The second-order valence-electron chi connectivity index (χ2n) is 4.81. The van der Waals surface area contributed by atoms with Crippen LogP contribution in [0, 0.1) is 6.92 Å². The molecule has 0 aliphatic rings. The predicted molar refractivity (Wildman–Crippen MR) is 71.2 cm³/mol. The van der Waals surface area contributed by atoms with E-state index >= 15 is 0 Å². The third-order valence-electron chi connectivity index (χ3n) is 3.01. The molecule has 0 spiro atoms. The molecule has 0 saturated heterocycles. The van der Waals surface area contributed by atoms with Gasteiger partial charge in [-0.05, 0) is 32.5 Å². The zero-order valence-corrected chi connectivity index (χ0v) is 11.4. The molecule has 2 aromatic heterocycles. The lowest BCUT2D eigenvalue weighted by Crippen LogP contribution is -2.17. The van der Waals surface area contributed by atoms with Crippen molar-refractivity contribution in [3.8, 4) is 0 Å². The van der Waals surface area contributed by atoms with E-state index in [-0.39, 0.29) is 0 Å². The Kier molecular flexibility index (Phi) is 4.20. The largest absolute Gasteiger partial charge is 0.465 e. The Labute approximate surface area is 108 Å². The lowest BCUT2D eigenvalue weighted by Gasteiger charge is -2.14. The van der Waals surface area contributed by atoms with Gasteiger partial charge < -0.3 is 4.42 Å². The van der Waals surface area contributed by atoms with Gasteiger partial charge in [0.25, 0.3) is 0 Å². The molecule has 0 aromatic carbocycles. The summed E-state index contributed by atoms with van der Waals surface area (Å²) in [4.78, 5) is 2.23. The Bertz CT molecular complexity index is 487. The van der Waals surface area contributed by atoms with Crippen molar-refractivity contribution in [1.29, 1.82) is 0 Å². The summed E-state index contributed by atoms with van der Waals surface area (Å²) in [6, 6.07) is 4.15. The second-order valence-corrected chi connectivity index (χ2v) is 4.81. The van der Waals surface area contributed by atoms with Crippen molar-refractivity contribution in [3.05, 3.63) is 41.1 Å². The molecular formula is C14H21N3O. The van der Waals surface area contributed by atoms with E-state index in [4.69, 9.17) is 4.42 Å². The molecule has 2 heterocycles. The first-order valence-corrected chi connectivity index (χ1v) is 6.44. The van der Waals surface area contributed by atoms with Crippen LogP contribution in [0.3, 0.4) is 0 Å². The van der Waals surface area contributed by atoms with Crippen molar-refractivity contribution in [2.75, 3.05) is 7.05 Å². The molecule has 1 N–H and O–H groups in total. The number of aromatic amines is 1. The number of hydrogen-bond donors (Lipinski definition) is 1. The van der Waals surface area contributed by atoms with Crippen LogP contribution in [0.1, 0.15) is 36.1 Å². The molecule has 0 radical (unpaired) electrons. The van der Waals surface area contributed by atoms with Crippen LogP contribution in [-0.2, 0) is 19.5 Å². The first kappa shape index (κ1) is 12.9. The van der Waals surface area contributed by atoms with E-state index < -0.39 is 0 Å². The average Bonchev–Trinajstić information content (AvgIpc) is 2.90. The topological polar surface area (TPSA) is 45.1 Å². The molecule has 0 fully saturated rings. The van der Waals surface area contributed by atoms with Crippen LogP contribution in [-0.4, -0.2) is 22.1 Å². The monoisotopic (exact) mass is 247 g/mol. The fraction of sp³-hybridized carbons (Fsp3) is 0.500. The van der Waals surface area contributed by atoms with Crippen molar-refractivity contribution in [1.82, 2.24) is 15.1 Å². The van der Waals surface area contributed by atoms with Crippen LogP contribution in [0.2, 0.25) is 0 Å². The standard InChI is InChI=1S/C14H21N3O/c1-4-5-13-6-7-14(18-13)10-17(3)9-12-8-15-16-11(12)2/h6-8H,4-5,9-10H2,1-3H3,(H,15,16). The molecule has 2 aromatic rings. The highest BCUT2D eigenvalue weighted by Crippen LogP contribution is 2.13. The van der Waals surface area contributed by atoms with Crippen molar-refractivity contribution >= 4 is 0 Å². The fourth-order valence-corrected chi connectivity index (χ4v) is 2.04. The maximum Gasteiger partial charge on any atom is 0.118 e. The molecule has 0 aliphatic heterocycles. The Balaban J connectivity index is 1.90. The van der Waals surface area contributed by atoms with Crippen molar-refractivity contribution in [2.24, 2.45) is 0 Å². The summed E-state index contributed by atoms with van der Waals surface area (Å²) in [5, 5.41) is 6.99. The molecule has 0 aliphatic carbocycles. The van der Waals surface area contributed by atoms with Gasteiger partial charge >= 0.3 is 0 Å². The summed E-state index contributed by atoms with van der Waals surface area (Å²) in [7, 11) is 2.09. The van der Waals surface area contributed by atoms with Crippen LogP contribution >= 0.6 is 0 Å². The van der Waals surface area contributed by atoms with E-state index in [1.807, 2.05) is 13.1 Å². The summed E-state index contributed by atoms with van der Waals surface area (Å²) in [6.45, 7) is 5.92. The van der Waals surface area contributed by atoms with Crippen molar-refractivity contribution in [3.63, 3.8) is 0 Å². The lowest BCUT2D eigenvalue weighted by atomic mass is 10.2. The van der Waals surface area contributed by atoms with Crippen LogP contribution in [0.25, 0.3) is 0 Å². The summed E-state index contributed by atoms with van der Waals surface area (Å²) in [6.07, 6.45) is 4.03. The quantitative estimate of drug-likeness (QED) is 0.853. The van der Waals surface area contributed by atoms with Crippen molar-refractivity contribution in [2.45, 2.75) is 39.8 Å². The minimum Gasteiger partial charge on any atom is -0.465 e. The Morgan fingerprint density at radius 1 is 1.28 bits per heavy atom. The van der Waals surface area contributed by atoms with Gasteiger partial charge in [-0.15, -0.1) is 0 Å². The lowest BCUT2D eigenvalue weighted by molar-refractivity contribution is 0.283. The summed E-state index contributed by atoms with van der Waals surface area (Å²) >= 11 is 0. The Morgan fingerprint density at radius 3 is 2.72 bits per heavy atom. The first-order valence-electron chi connectivity index (χ1n) is 6.44. The normalized spacial score (nSPS) is 11.3. The minimum absolute atomic E-state index is 0.828. The van der Waals surface area contributed by atoms with Gasteiger partial charge in [0.2, 0.25) is 0 Å². The van der Waals surface area contributed by atoms with Gasteiger partial charge in [-0.1, -0.05) is 6.92 Å². The van der Waals surface area contributed by atoms with E-state index in [1.165, 1.54) is 5.56 Å². The highest BCUT2D eigenvalue weighted by Gasteiger charge is 2.08. The molecule has 18 heavy (non-hydrogen) atoms. The van der Waals surface area contributed by atoms with E-state index in [0.717, 1.165) is 43.1 Å². The summed E-state index contributed by atoms with van der Waals surface area (Å²) < 4.78 is 5.78. The van der Waals surface area contributed by atoms with Gasteiger partial charge in [-0.3, -0.25) is 10.00 Å². The zero-order valence-electron chi connectivity index (χ0n) is 11.4. The van der Waals surface area contributed by atoms with Gasteiger partial charge in [-0.2, -0.15) is 5.10 Å². The summed E-state index contributed by atoms with van der Waals surface area (Å²) in [5.41, 5.74) is 2.37. The van der Waals surface area contributed by atoms with Gasteiger partial charge in [0.15, 0.2) is 0 Å². The first-order chi connectivity index (χ1) is 8.69. The van der Waals surface area contributed by atoms with E-state index in [2.05, 4.69) is 41.2 Å². The number of nitrogens with zero attached hydrogens (tertiary/aromatic N) is 2. The maximum atomic E-state index is 5.78. The predicted octanol–water partition coefficient (Wildman–Crippen LogP) is 2.90. The molecule has 0 unspecified atom stereocenters. The SMILES string of the molecule is CCCc1ccc(CN(C)Cc2cn[nH]c2C)o1. The Morgan fingerprint density at radius 2 is 2.06 bits per heavy atom. The molecule has 98 valence electrons. The van der Waals surface area contributed by atoms with Gasteiger partial charge in [0, 0.05) is 24.2 Å². The highest BCUT2D eigenvalue weighted by atomic mass is 16.3. The van der Waals surface area contributed by atoms with E-state index in [0.29, 0.717) is 0 Å². The number of aryl methyl sites for hydroxylation is 2. The molecular weight excluding hydrogens is 226 g/mol. The molecule has 0 atom stereocenters. The number of aromatic nitrogens is 2. The van der Waals surface area contributed by atoms with E-state index in [9.17, 15) is 0 Å². The number of furan rings is 1. The highest BCUT2D eigenvalue weighted by molar-refractivity contribution is 5.14. The zero-order chi connectivity index (χ0) is 13.0. The van der Waals surface area contributed by atoms with Gasteiger partial charge in [0.05, 0.1) is 12.7 Å². The van der Waals surface area contributed by atoms with Crippen molar-refractivity contribution < 1.29 is 4.42 Å². The number of H-pyrrole nitrogens is 1. The third kappa shape index (κ3) is 3.23.